The molecule has 1 aliphatic carbocycles. The molecule has 1 aliphatic rings. The Morgan fingerprint density at radius 2 is 2.12 bits per heavy atom. The van der Waals surface area contributed by atoms with E-state index in [-0.39, 0.29) is 6.04 Å². The highest BCUT2D eigenvalue weighted by atomic mass is 35.5. The van der Waals surface area contributed by atoms with E-state index in [1.165, 1.54) is 18.9 Å². The number of rotatable bonds is 2. The molecule has 0 unspecified atom stereocenters. The summed E-state index contributed by atoms with van der Waals surface area (Å²) in [6.07, 6.45) is 4.44. The van der Waals surface area contributed by atoms with Crippen molar-refractivity contribution in [2.45, 2.75) is 31.7 Å². The Hall–Kier alpha value is -1.13. The Morgan fingerprint density at radius 3 is 2.71 bits per heavy atom. The summed E-state index contributed by atoms with van der Waals surface area (Å²) in [7, 11) is 0. The summed E-state index contributed by atoms with van der Waals surface area (Å²) < 4.78 is 13.7. The van der Waals surface area contributed by atoms with Gasteiger partial charge in [-0.3, -0.25) is 4.99 Å². The molecule has 0 heterocycles. The number of amidine groups is 1. The zero-order chi connectivity index (χ0) is 12.3. The molecule has 3 nitrogen and oxygen atoms in total. The molecule has 0 aliphatic heterocycles. The van der Waals surface area contributed by atoms with Gasteiger partial charge < -0.3 is 5.43 Å². The maximum Gasteiger partial charge on any atom is 0.145 e. The summed E-state index contributed by atoms with van der Waals surface area (Å²) in [6, 6.07) is 4.72. The lowest BCUT2D eigenvalue weighted by Gasteiger charge is -2.10. The molecule has 1 saturated carbocycles. The van der Waals surface area contributed by atoms with E-state index in [2.05, 4.69) is 10.4 Å². The van der Waals surface area contributed by atoms with Crippen LogP contribution in [0.25, 0.3) is 0 Å². The highest BCUT2D eigenvalue weighted by molar-refractivity contribution is 6.30. The Morgan fingerprint density at radius 1 is 1.41 bits per heavy atom. The van der Waals surface area contributed by atoms with Crippen molar-refractivity contribution in [1.82, 2.24) is 5.43 Å². The Kier molecular flexibility index (Phi) is 3.97. The third-order valence-electron chi connectivity index (χ3n) is 2.96. The van der Waals surface area contributed by atoms with Gasteiger partial charge in [0.15, 0.2) is 0 Å². The first kappa shape index (κ1) is 12.3. The zero-order valence-electron chi connectivity index (χ0n) is 9.42. The van der Waals surface area contributed by atoms with Gasteiger partial charge in [-0.25, -0.2) is 10.2 Å². The van der Waals surface area contributed by atoms with Gasteiger partial charge in [0.2, 0.25) is 0 Å². The fourth-order valence-corrected chi connectivity index (χ4v) is 2.24. The van der Waals surface area contributed by atoms with Gasteiger partial charge in [-0.05, 0) is 31.0 Å². The van der Waals surface area contributed by atoms with Gasteiger partial charge in [0.05, 0.1) is 11.6 Å². The summed E-state index contributed by atoms with van der Waals surface area (Å²) in [5.41, 5.74) is 2.84. The first-order valence-electron chi connectivity index (χ1n) is 5.70. The molecule has 0 radical (unpaired) electrons. The zero-order valence-corrected chi connectivity index (χ0v) is 10.2. The number of aliphatic imine (C=N–C) groups is 1. The van der Waals surface area contributed by atoms with E-state index in [1.807, 2.05) is 0 Å². The maximum atomic E-state index is 13.7. The van der Waals surface area contributed by atoms with E-state index in [4.69, 9.17) is 17.4 Å². The third kappa shape index (κ3) is 2.96. The van der Waals surface area contributed by atoms with Crippen molar-refractivity contribution >= 4 is 17.4 Å². The van der Waals surface area contributed by atoms with Crippen LogP contribution in [0.3, 0.4) is 0 Å². The lowest BCUT2D eigenvalue weighted by atomic mass is 10.2. The third-order valence-corrected chi connectivity index (χ3v) is 3.19. The molecule has 0 spiro atoms. The van der Waals surface area contributed by atoms with Crippen molar-refractivity contribution < 1.29 is 4.39 Å². The van der Waals surface area contributed by atoms with E-state index >= 15 is 0 Å². The molecule has 0 saturated heterocycles. The first-order chi connectivity index (χ1) is 8.20. The maximum absolute atomic E-state index is 13.7. The van der Waals surface area contributed by atoms with Crippen molar-refractivity contribution in [2.75, 3.05) is 0 Å². The van der Waals surface area contributed by atoms with E-state index in [0.717, 1.165) is 12.8 Å². The molecular weight excluding hydrogens is 241 g/mol. The van der Waals surface area contributed by atoms with Crippen LogP contribution in [0, 0.1) is 5.82 Å². The van der Waals surface area contributed by atoms with Crippen LogP contribution < -0.4 is 11.3 Å². The minimum atomic E-state index is -0.410. The van der Waals surface area contributed by atoms with Gasteiger partial charge >= 0.3 is 0 Å². The van der Waals surface area contributed by atoms with Crippen LogP contribution in [0.1, 0.15) is 31.2 Å². The van der Waals surface area contributed by atoms with Crippen LogP contribution >= 0.6 is 11.6 Å². The molecule has 1 aromatic rings. The molecule has 1 fully saturated rings. The molecule has 17 heavy (non-hydrogen) atoms. The fourth-order valence-electron chi connectivity index (χ4n) is 2.08. The number of halogens is 2. The summed E-state index contributed by atoms with van der Waals surface area (Å²) in [5.74, 6) is 5.39. The molecular formula is C12H15ClFN3. The average molecular weight is 256 g/mol. The summed E-state index contributed by atoms with van der Waals surface area (Å²) in [5, 5.41) is 0.364. The minimum absolute atomic E-state index is 0.246. The van der Waals surface area contributed by atoms with Gasteiger partial charge in [0, 0.05) is 5.02 Å². The monoisotopic (exact) mass is 255 g/mol. The number of hydrazine groups is 1. The number of nitrogens with zero attached hydrogens (tertiary/aromatic N) is 1. The van der Waals surface area contributed by atoms with Crippen molar-refractivity contribution in [3.8, 4) is 0 Å². The highest BCUT2D eigenvalue weighted by Crippen LogP contribution is 2.22. The number of nitrogens with one attached hydrogen (secondary N) is 1. The number of hydrogen-bond donors (Lipinski definition) is 2. The molecule has 0 atom stereocenters. The summed E-state index contributed by atoms with van der Waals surface area (Å²) in [6.45, 7) is 0. The number of nitrogens with two attached hydrogens (primary N) is 1. The molecule has 92 valence electrons. The predicted molar refractivity (Wildman–Crippen MR) is 67.5 cm³/mol. The molecule has 5 heteroatoms. The summed E-state index contributed by atoms with van der Waals surface area (Å²) >= 11 is 5.70. The SMILES string of the molecule is NNC(=NC1CCCC1)c1ccc(Cl)cc1F. The van der Waals surface area contributed by atoms with E-state index in [1.54, 1.807) is 12.1 Å². The van der Waals surface area contributed by atoms with Gasteiger partial charge in [0.25, 0.3) is 0 Å². The van der Waals surface area contributed by atoms with Crippen molar-refractivity contribution in [2.24, 2.45) is 10.8 Å². The first-order valence-corrected chi connectivity index (χ1v) is 6.08. The second kappa shape index (κ2) is 5.47. The Balaban J connectivity index is 2.27. The fraction of sp³-hybridized carbons (Fsp3) is 0.417. The lowest BCUT2D eigenvalue weighted by molar-refractivity contribution is 0.622. The van der Waals surface area contributed by atoms with Crippen LogP contribution in [-0.4, -0.2) is 11.9 Å². The molecule has 0 aromatic heterocycles. The molecule has 2 rings (SSSR count). The van der Waals surface area contributed by atoms with Gasteiger partial charge in [0.1, 0.15) is 11.7 Å². The van der Waals surface area contributed by atoms with Crippen LogP contribution in [0.2, 0.25) is 5.02 Å². The van der Waals surface area contributed by atoms with Crippen LogP contribution in [0.4, 0.5) is 4.39 Å². The second-order valence-electron chi connectivity index (χ2n) is 4.18. The molecule has 0 bridgehead atoms. The minimum Gasteiger partial charge on any atom is -0.308 e. The van der Waals surface area contributed by atoms with Gasteiger partial charge in [-0.1, -0.05) is 24.4 Å². The van der Waals surface area contributed by atoms with E-state index in [0.29, 0.717) is 16.4 Å². The lowest BCUT2D eigenvalue weighted by Crippen LogP contribution is -2.33. The van der Waals surface area contributed by atoms with Crippen molar-refractivity contribution in [1.29, 1.82) is 0 Å². The van der Waals surface area contributed by atoms with E-state index in [9.17, 15) is 4.39 Å². The van der Waals surface area contributed by atoms with Crippen LogP contribution in [0.5, 0.6) is 0 Å². The van der Waals surface area contributed by atoms with Gasteiger partial charge in [-0.15, -0.1) is 0 Å². The largest absolute Gasteiger partial charge is 0.308 e. The topological polar surface area (TPSA) is 50.4 Å². The van der Waals surface area contributed by atoms with E-state index < -0.39 is 5.82 Å². The van der Waals surface area contributed by atoms with Crippen molar-refractivity contribution in [3.05, 3.63) is 34.6 Å². The highest BCUT2D eigenvalue weighted by Gasteiger charge is 2.16. The van der Waals surface area contributed by atoms with Gasteiger partial charge in [-0.2, -0.15) is 0 Å². The predicted octanol–water partition coefficient (Wildman–Crippen LogP) is 2.63. The Labute approximate surface area is 105 Å². The van der Waals surface area contributed by atoms with Crippen LogP contribution in [-0.2, 0) is 0 Å². The second-order valence-corrected chi connectivity index (χ2v) is 4.62. The standard InChI is InChI=1S/C12H15ClFN3/c13-8-5-6-10(11(14)7-8)12(17-15)16-9-3-1-2-4-9/h5-7,9H,1-4,15H2,(H,16,17). The summed E-state index contributed by atoms with van der Waals surface area (Å²) in [4.78, 5) is 4.45. The number of hydrogen-bond acceptors (Lipinski definition) is 2. The Bertz CT molecular complexity index is 428. The molecule has 1 aromatic carbocycles. The molecule has 3 N–H and O–H groups in total. The van der Waals surface area contributed by atoms with Crippen LogP contribution in [0.15, 0.2) is 23.2 Å². The molecule has 0 amide bonds. The number of benzene rings is 1. The average Bonchev–Trinajstić information content (AvgIpc) is 2.79. The van der Waals surface area contributed by atoms with Crippen molar-refractivity contribution in [3.63, 3.8) is 0 Å². The quantitative estimate of drug-likeness (QED) is 0.369. The normalized spacial score (nSPS) is 17.5. The smallest absolute Gasteiger partial charge is 0.145 e.